The summed E-state index contributed by atoms with van der Waals surface area (Å²) in [4.78, 5) is 13.8. The van der Waals surface area contributed by atoms with Crippen LogP contribution in [0.1, 0.15) is 5.82 Å². The smallest absolute Gasteiger partial charge is 0.262 e. The van der Waals surface area contributed by atoms with Gasteiger partial charge in [-0.2, -0.15) is 9.40 Å². The largest absolute Gasteiger partial charge is 0.300 e. The molecule has 0 radical (unpaired) electrons. The number of nitrogens with zero attached hydrogens (tertiary/aromatic N) is 4. The van der Waals surface area contributed by atoms with Crippen LogP contribution in [0.5, 0.6) is 0 Å². The average molecular weight is 338 g/mol. The van der Waals surface area contributed by atoms with Crippen LogP contribution in [0.3, 0.4) is 0 Å². The molecular weight excluding hydrogens is 330 g/mol. The van der Waals surface area contributed by atoms with Crippen molar-refractivity contribution in [2.75, 3.05) is 7.05 Å². The molecule has 20 heavy (non-hydrogen) atoms. The van der Waals surface area contributed by atoms with Crippen LogP contribution < -0.4 is 0 Å². The van der Waals surface area contributed by atoms with Crippen LogP contribution in [0.25, 0.3) is 0 Å². The number of aromatic nitrogens is 3. The van der Waals surface area contributed by atoms with Gasteiger partial charge in [-0.1, -0.05) is 11.6 Å². The van der Waals surface area contributed by atoms with E-state index >= 15 is 0 Å². The van der Waals surface area contributed by atoms with Gasteiger partial charge in [-0.05, 0) is 0 Å². The molecule has 2 aromatic heterocycles. The number of nitro groups is 1. The molecule has 0 amide bonds. The molecule has 0 spiro atoms. The van der Waals surface area contributed by atoms with E-state index in [0.29, 0.717) is 17.2 Å². The molecule has 0 aliphatic rings. The average Bonchev–Trinajstić information content (AvgIpc) is 2.98. The van der Waals surface area contributed by atoms with E-state index in [1.165, 1.54) is 13.4 Å². The Kier molecular flexibility index (Phi) is 4.04. The van der Waals surface area contributed by atoms with Gasteiger partial charge in [0, 0.05) is 13.1 Å². The Morgan fingerprint density at radius 2 is 2.30 bits per heavy atom. The van der Waals surface area contributed by atoms with Gasteiger partial charge in [-0.3, -0.25) is 15.2 Å². The molecule has 0 fully saturated rings. The van der Waals surface area contributed by atoms with Gasteiger partial charge in [0.25, 0.3) is 15.7 Å². The summed E-state index contributed by atoms with van der Waals surface area (Å²) < 4.78 is 25.1. The van der Waals surface area contributed by atoms with Crippen LogP contribution in [0.15, 0.2) is 16.6 Å². The Balaban J connectivity index is 2.30. The third-order valence-corrected chi connectivity index (χ3v) is 5.94. The minimum atomic E-state index is -3.88. The lowest BCUT2D eigenvalue weighted by Gasteiger charge is -2.13. The minimum absolute atomic E-state index is 0.0361. The van der Waals surface area contributed by atoms with Gasteiger partial charge in [0.1, 0.15) is 16.4 Å². The lowest BCUT2D eigenvalue weighted by molar-refractivity contribution is -0.384. The predicted octanol–water partition coefficient (Wildman–Crippen LogP) is 1.25. The van der Waals surface area contributed by atoms with Crippen molar-refractivity contribution in [3.05, 3.63) is 32.7 Å². The van der Waals surface area contributed by atoms with Crippen molar-refractivity contribution >= 4 is 38.6 Å². The topological polar surface area (TPSA) is 122 Å². The second-order valence-electron chi connectivity index (χ2n) is 3.67. The quantitative estimate of drug-likeness (QED) is 0.647. The Labute approximate surface area is 122 Å². The van der Waals surface area contributed by atoms with E-state index in [1.54, 1.807) is 0 Å². The van der Waals surface area contributed by atoms with Gasteiger partial charge < -0.3 is 0 Å². The molecule has 0 unspecified atom stereocenters. The number of hydrogen-bond donors (Lipinski definition) is 1. The van der Waals surface area contributed by atoms with E-state index in [4.69, 9.17) is 11.6 Å². The summed E-state index contributed by atoms with van der Waals surface area (Å²) in [7, 11) is -2.54. The Bertz CT molecular complexity index is 726. The van der Waals surface area contributed by atoms with Crippen molar-refractivity contribution in [3.8, 4) is 0 Å². The zero-order valence-corrected chi connectivity index (χ0v) is 12.4. The number of H-pyrrole nitrogens is 1. The summed E-state index contributed by atoms with van der Waals surface area (Å²) in [6.45, 7) is -0.0361. The normalized spacial score (nSPS) is 11.9. The molecule has 0 aliphatic carbocycles. The molecule has 9 nitrogen and oxygen atoms in total. The van der Waals surface area contributed by atoms with Crippen molar-refractivity contribution in [1.29, 1.82) is 0 Å². The molecule has 2 aromatic rings. The number of rotatable bonds is 5. The van der Waals surface area contributed by atoms with Gasteiger partial charge in [0.05, 0.1) is 11.5 Å². The van der Waals surface area contributed by atoms with Gasteiger partial charge in [-0.15, -0.1) is 11.3 Å². The zero-order chi connectivity index (χ0) is 14.9. The highest BCUT2D eigenvalue weighted by atomic mass is 35.5. The maximum absolute atomic E-state index is 12.2. The summed E-state index contributed by atoms with van der Waals surface area (Å²) >= 11 is 6.30. The Morgan fingerprint density at radius 3 is 2.80 bits per heavy atom. The first-order chi connectivity index (χ1) is 9.32. The zero-order valence-electron chi connectivity index (χ0n) is 9.98. The number of thiophene rings is 1. The maximum atomic E-state index is 12.2. The minimum Gasteiger partial charge on any atom is -0.262 e. The van der Waals surface area contributed by atoms with Crippen LogP contribution in [0.2, 0.25) is 4.34 Å². The fraction of sp³-hybridized carbons (Fsp3) is 0.250. The van der Waals surface area contributed by atoms with Crippen molar-refractivity contribution < 1.29 is 13.3 Å². The van der Waals surface area contributed by atoms with Gasteiger partial charge in [0.15, 0.2) is 4.34 Å². The molecule has 12 heteroatoms. The molecule has 0 atom stereocenters. The van der Waals surface area contributed by atoms with Gasteiger partial charge >= 0.3 is 0 Å². The van der Waals surface area contributed by atoms with E-state index in [2.05, 4.69) is 15.2 Å². The van der Waals surface area contributed by atoms with E-state index in [9.17, 15) is 18.5 Å². The van der Waals surface area contributed by atoms with Crippen molar-refractivity contribution in [2.24, 2.45) is 0 Å². The molecule has 108 valence electrons. The number of aromatic amines is 1. The highest BCUT2D eigenvalue weighted by Gasteiger charge is 2.28. The van der Waals surface area contributed by atoms with Gasteiger partial charge in [-0.25, -0.2) is 13.4 Å². The first-order valence-corrected chi connectivity index (χ1v) is 7.70. The molecule has 0 saturated carbocycles. The summed E-state index contributed by atoms with van der Waals surface area (Å²) in [6.07, 6.45) is 1.25. The number of hydrogen-bond acceptors (Lipinski definition) is 7. The van der Waals surface area contributed by atoms with Crippen LogP contribution in [0, 0.1) is 10.1 Å². The van der Waals surface area contributed by atoms with Crippen molar-refractivity contribution in [1.82, 2.24) is 19.5 Å². The molecule has 0 aliphatic heterocycles. The summed E-state index contributed by atoms with van der Waals surface area (Å²) in [5, 5.41) is 16.8. The molecule has 0 bridgehead atoms. The van der Waals surface area contributed by atoms with E-state index in [1.807, 2.05) is 0 Å². The van der Waals surface area contributed by atoms with Crippen LogP contribution >= 0.6 is 22.9 Å². The van der Waals surface area contributed by atoms with E-state index in [0.717, 1.165) is 10.4 Å². The molecular formula is C8H8ClN5O4S2. The molecule has 0 saturated heterocycles. The highest BCUT2D eigenvalue weighted by Crippen LogP contribution is 2.37. The van der Waals surface area contributed by atoms with E-state index in [-0.39, 0.29) is 15.1 Å². The number of nitrogens with one attached hydrogen (secondary N) is 1. The highest BCUT2D eigenvalue weighted by molar-refractivity contribution is 7.91. The standard InChI is InChI=1S/C8H8ClN5O4S2/c1-13(3-6-10-4-11-12-6)20(17,18)7-2-5(14(15)16)8(9)19-7/h2,4H,3H2,1H3,(H,10,11,12). The summed E-state index contributed by atoms with van der Waals surface area (Å²) in [5.41, 5.74) is -0.427. The fourth-order valence-electron chi connectivity index (χ4n) is 1.35. The van der Waals surface area contributed by atoms with E-state index < -0.39 is 20.6 Å². The number of halogens is 1. The monoisotopic (exact) mass is 337 g/mol. The Hall–Kier alpha value is -1.56. The van der Waals surface area contributed by atoms with Crippen LogP contribution in [0.4, 0.5) is 5.69 Å². The molecule has 0 aromatic carbocycles. The fourth-order valence-corrected chi connectivity index (χ4v) is 4.35. The van der Waals surface area contributed by atoms with Crippen LogP contribution in [-0.2, 0) is 16.6 Å². The van der Waals surface area contributed by atoms with Crippen LogP contribution in [-0.4, -0.2) is 39.9 Å². The molecule has 2 rings (SSSR count). The molecule has 1 N–H and O–H groups in total. The Morgan fingerprint density at radius 1 is 1.60 bits per heavy atom. The lowest BCUT2D eigenvalue weighted by Crippen LogP contribution is -2.26. The predicted molar refractivity (Wildman–Crippen MR) is 71.0 cm³/mol. The lowest BCUT2D eigenvalue weighted by atomic mass is 10.6. The first kappa shape index (κ1) is 14.8. The summed E-state index contributed by atoms with van der Waals surface area (Å²) in [5.74, 6) is 0.355. The number of sulfonamides is 1. The second kappa shape index (κ2) is 5.44. The third kappa shape index (κ3) is 2.80. The maximum Gasteiger partial charge on any atom is 0.300 e. The van der Waals surface area contributed by atoms with Gasteiger partial charge in [0.2, 0.25) is 0 Å². The SMILES string of the molecule is CN(Cc1ncn[nH]1)S(=O)(=O)c1cc([N+](=O)[O-])c(Cl)s1. The van der Waals surface area contributed by atoms with Crippen molar-refractivity contribution in [2.45, 2.75) is 10.8 Å². The molecule has 2 heterocycles. The third-order valence-electron chi connectivity index (χ3n) is 2.34. The second-order valence-corrected chi connectivity index (χ2v) is 7.60. The summed E-state index contributed by atoms with van der Waals surface area (Å²) in [6, 6.07) is 0.944. The van der Waals surface area contributed by atoms with Crippen molar-refractivity contribution in [3.63, 3.8) is 0 Å². The first-order valence-electron chi connectivity index (χ1n) is 5.06.